The first-order valence-corrected chi connectivity index (χ1v) is 17.8. The van der Waals surface area contributed by atoms with Crippen molar-refractivity contribution in [2.45, 2.75) is 0 Å². The van der Waals surface area contributed by atoms with Crippen molar-refractivity contribution in [3.63, 3.8) is 0 Å². The van der Waals surface area contributed by atoms with Crippen molar-refractivity contribution in [3.05, 3.63) is 158 Å². The number of fused-ring (bicyclic) bond motifs is 9. The minimum atomic E-state index is 0.606. The summed E-state index contributed by atoms with van der Waals surface area (Å²) < 4.78 is 11.0. The van der Waals surface area contributed by atoms with Crippen LogP contribution >= 0.6 is 11.3 Å². The topological polar surface area (TPSA) is 56.7 Å². The summed E-state index contributed by atoms with van der Waals surface area (Å²) in [6.45, 7) is 0. The summed E-state index contributed by atoms with van der Waals surface area (Å²) in [6.07, 6.45) is 0. The molecule has 0 bridgehead atoms. The second-order valence-electron chi connectivity index (χ2n) is 12.8. The van der Waals surface area contributed by atoms with E-state index in [0.29, 0.717) is 17.5 Å². The first-order chi connectivity index (χ1) is 25.3. The van der Waals surface area contributed by atoms with Gasteiger partial charge in [-0.1, -0.05) is 109 Å². The maximum atomic E-state index is 6.30. The van der Waals surface area contributed by atoms with Crippen molar-refractivity contribution < 1.29 is 4.42 Å². The molecule has 0 fully saturated rings. The Labute approximate surface area is 295 Å². The number of hydrogen-bond donors (Lipinski definition) is 0. The number of benzene rings is 7. The van der Waals surface area contributed by atoms with Crippen molar-refractivity contribution in [2.75, 3.05) is 0 Å². The maximum Gasteiger partial charge on any atom is 0.165 e. The predicted molar refractivity (Wildman–Crippen MR) is 211 cm³/mol. The Balaban J connectivity index is 1.21. The molecule has 5 nitrogen and oxygen atoms in total. The molecule has 0 aliphatic heterocycles. The second kappa shape index (κ2) is 10.9. The molecule has 0 radical (unpaired) electrons. The number of rotatable bonds is 4. The van der Waals surface area contributed by atoms with Gasteiger partial charge in [0.1, 0.15) is 11.2 Å². The van der Waals surface area contributed by atoms with Crippen LogP contribution in [0.25, 0.3) is 104 Å². The highest BCUT2D eigenvalue weighted by Gasteiger charge is 2.21. The third-order valence-electron chi connectivity index (χ3n) is 9.87. The zero-order chi connectivity index (χ0) is 33.5. The van der Waals surface area contributed by atoms with Crippen LogP contribution in [0, 0.1) is 0 Å². The highest BCUT2D eigenvalue weighted by molar-refractivity contribution is 7.26. The van der Waals surface area contributed by atoms with Gasteiger partial charge in [-0.05, 0) is 48.5 Å². The molecule has 0 spiro atoms. The Morgan fingerprint density at radius 2 is 1.10 bits per heavy atom. The molecule has 0 saturated heterocycles. The van der Waals surface area contributed by atoms with Gasteiger partial charge in [0.15, 0.2) is 17.5 Å². The number of aromatic nitrogens is 4. The van der Waals surface area contributed by atoms with Crippen molar-refractivity contribution in [1.29, 1.82) is 0 Å². The fourth-order valence-corrected chi connectivity index (χ4v) is 8.81. The first kappa shape index (κ1) is 28.2. The fraction of sp³-hybridized carbons (Fsp3) is 0. The Kier molecular flexibility index (Phi) is 6.05. The van der Waals surface area contributed by atoms with Crippen LogP contribution in [0.4, 0.5) is 0 Å². The molecule has 4 heterocycles. The van der Waals surface area contributed by atoms with E-state index in [-0.39, 0.29) is 0 Å². The van der Waals surface area contributed by atoms with Crippen LogP contribution in [0.1, 0.15) is 0 Å². The van der Waals surface area contributed by atoms with E-state index in [4.69, 9.17) is 19.4 Å². The van der Waals surface area contributed by atoms with Crippen molar-refractivity contribution in [3.8, 4) is 39.9 Å². The molecule has 238 valence electrons. The molecule has 0 saturated carbocycles. The average Bonchev–Trinajstić information content (AvgIpc) is 3.87. The van der Waals surface area contributed by atoms with Gasteiger partial charge in [0.2, 0.25) is 0 Å². The van der Waals surface area contributed by atoms with Crippen LogP contribution in [0.3, 0.4) is 0 Å². The molecule has 0 unspecified atom stereocenters. The molecule has 51 heavy (non-hydrogen) atoms. The summed E-state index contributed by atoms with van der Waals surface area (Å²) in [5, 5.41) is 6.85. The molecule has 0 aliphatic carbocycles. The van der Waals surface area contributed by atoms with Gasteiger partial charge in [-0.3, -0.25) is 0 Å². The van der Waals surface area contributed by atoms with E-state index >= 15 is 0 Å². The lowest BCUT2D eigenvalue weighted by Gasteiger charge is -2.11. The molecule has 7 aromatic carbocycles. The highest BCUT2D eigenvalue weighted by Crippen LogP contribution is 2.41. The zero-order valence-electron chi connectivity index (χ0n) is 27.1. The molecule has 0 atom stereocenters. The SMILES string of the molecule is c1ccc(-n2c3ccccc3c3ccc(-c4nc(-c5cccc6c5sc5ccccc56)nc(-c5cccc6oc7ccccc7c56)n4)cc32)cc1. The Morgan fingerprint density at radius 1 is 0.451 bits per heavy atom. The monoisotopic (exact) mass is 670 g/mol. The number of para-hydroxylation sites is 3. The Bertz CT molecular complexity index is 3150. The molecule has 0 N–H and O–H groups in total. The standard InChI is InChI=1S/C45H26N4OS/c1-2-12-28(13-3-1)49-36-20-7-4-14-29(36)30-25-24-27(26-37(30)49)43-46-44(34-18-11-22-39-41(34)33-16-5-8-21-38(33)50-39)48-45(47-43)35-19-10-17-32-31-15-6-9-23-40(31)51-42(32)35/h1-26H. The van der Waals surface area contributed by atoms with Crippen LogP contribution < -0.4 is 0 Å². The van der Waals surface area contributed by atoms with E-state index in [2.05, 4.69) is 132 Å². The van der Waals surface area contributed by atoms with Gasteiger partial charge < -0.3 is 8.98 Å². The van der Waals surface area contributed by atoms with Gasteiger partial charge in [-0.15, -0.1) is 11.3 Å². The summed E-state index contributed by atoms with van der Waals surface area (Å²) in [5.74, 6) is 1.86. The number of hydrogen-bond acceptors (Lipinski definition) is 5. The first-order valence-electron chi connectivity index (χ1n) is 16.9. The molecule has 11 aromatic rings. The van der Waals surface area contributed by atoms with Gasteiger partial charge in [0.25, 0.3) is 0 Å². The molecule has 6 heteroatoms. The van der Waals surface area contributed by atoms with E-state index in [0.717, 1.165) is 60.0 Å². The summed E-state index contributed by atoms with van der Waals surface area (Å²) in [7, 11) is 0. The van der Waals surface area contributed by atoms with E-state index in [9.17, 15) is 0 Å². The summed E-state index contributed by atoms with van der Waals surface area (Å²) in [5.41, 5.74) is 7.81. The third-order valence-corrected chi connectivity index (χ3v) is 11.1. The van der Waals surface area contributed by atoms with Gasteiger partial charge in [0.05, 0.1) is 11.0 Å². The van der Waals surface area contributed by atoms with E-state index in [1.165, 1.54) is 26.2 Å². The molecule has 11 rings (SSSR count). The largest absolute Gasteiger partial charge is 0.456 e. The van der Waals surface area contributed by atoms with Crippen molar-refractivity contribution >= 4 is 75.3 Å². The fourth-order valence-electron chi connectivity index (χ4n) is 7.60. The van der Waals surface area contributed by atoms with Gasteiger partial charge >= 0.3 is 0 Å². The lowest BCUT2D eigenvalue weighted by Crippen LogP contribution is -2.01. The van der Waals surface area contributed by atoms with Crippen molar-refractivity contribution in [2.24, 2.45) is 0 Å². The normalized spacial score (nSPS) is 11.9. The minimum Gasteiger partial charge on any atom is -0.456 e. The van der Waals surface area contributed by atoms with Crippen LogP contribution in [0.5, 0.6) is 0 Å². The van der Waals surface area contributed by atoms with Gasteiger partial charge in [-0.25, -0.2) is 15.0 Å². The van der Waals surface area contributed by atoms with E-state index in [1.54, 1.807) is 11.3 Å². The third kappa shape index (κ3) is 4.30. The van der Waals surface area contributed by atoms with E-state index < -0.39 is 0 Å². The van der Waals surface area contributed by atoms with Crippen LogP contribution in [-0.2, 0) is 0 Å². The quantitative estimate of drug-likeness (QED) is 0.187. The zero-order valence-corrected chi connectivity index (χ0v) is 27.9. The van der Waals surface area contributed by atoms with Crippen LogP contribution in [-0.4, -0.2) is 19.5 Å². The molecule has 0 aliphatic rings. The van der Waals surface area contributed by atoms with Gasteiger partial charge in [0, 0.05) is 64.1 Å². The van der Waals surface area contributed by atoms with Crippen LogP contribution in [0.2, 0.25) is 0 Å². The average molecular weight is 671 g/mol. The Morgan fingerprint density at radius 3 is 2.00 bits per heavy atom. The number of nitrogens with zero attached hydrogens (tertiary/aromatic N) is 4. The lowest BCUT2D eigenvalue weighted by molar-refractivity contribution is 0.669. The molecule has 4 aromatic heterocycles. The predicted octanol–water partition coefficient (Wildman–Crippen LogP) is 12.2. The van der Waals surface area contributed by atoms with Crippen molar-refractivity contribution in [1.82, 2.24) is 19.5 Å². The molecular formula is C45H26N4OS. The smallest absolute Gasteiger partial charge is 0.165 e. The molecular weight excluding hydrogens is 645 g/mol. The van der Waals surface area contributed by atoms with Gasteiger partial charge in [-0.2, -0.15) is 0 Å². The number of furan rings is 1. The lowest BCUT2D eigenvalue weighted by atomic mass is 10.0. The summed E-state index contributed by atoms with van der Waals surface area (Å²) in [6, 6.07) is 54.9. The number of thiophene rings is 1. The summed E-state index contributed by atoms with van der Waals surface area (Å²) in [4.78, 5) is 15.8. The highest BCUT2D eigenvalue weighted by atomic mass is 32.1. The molecule has 0 amide bonds. The Hall–Kier alpha value is -6.63. The summed E-state index contributed by atoms with van der Waals surface area (Å²) >= 11 is 1.78. The minimum absolute atomic E-state index is 0.606. The van der Waals surface area contributed by atoms with E-state index in [1.807, 2.05) is 30.3 Å². The van der Waals surface area contributed by atoms with Crippen LogP contribution in [0.15, 0.2) is 162 Å². The maximum absolute atomic E-state index is 6.30. The second-order valence-corrected chi connectivity index (χ2v) is 13.8.